The highest BCUT2D eigenvalue weighted by Gasteiger charge is 2.08. The van der Waals surface area contributed by atoms with Gasteiger partial charge in [-0.1, -0.05) is 32.4 Å². The van der Waals surface area contributed by atoms with Crippen LogP contribution in [0.3, 0.4) is 0 Å². The van der Waals surface area contributed by atoms with Crippen LogP contribution in [0.5, 0.6) is 0 Å². The maximum Gasteiger partial charge on any atom is 0.193 e. The lowest BCUT2D eigenvalue weighted by Gasteiger charge is -2.25. The number of anilines is 1. The number of nitrogens with zero attached hydrogens (tertiary/aromatic N) is 2. The van der Waals surface area contributed by atoms with Crippen LogP contribution in [0.1, 0.15) is 51.0 Å². The molecule has 1 atom stereocenters. The van der Waals surface area contributed by atoms with Crippen molar-refractivity contribution in [2.45, 2.75) is 45.4 Å². The van der Waals surface area contributed by atoms with Crippen LogP contribution in [-0.4, -0.2) is 37.0 Å². The maximum atomic E-state index is 5.97. The number of likely N-dealkylation sites (tertiary alicyclic amines) is 1. The Kier molecular flexibility index (Phi) is 9.55. The summed E-state index contributed by atoms with van der Waals surface area (Å²) in [5.41, 5.74) is 8.34. The van der Waals surface area contributed by atoms with Crippen molar-refractivity contribution in [3.05, 3.63) is 29.8 Å². The van der Waals surface area contributed by atoms with E-state index in [1.165, 1.54) is 37.9 Å². The van der Waals surface area contributed by atoms with Gasteiger partial charge in [-0.05, 0) is 56.0 Å². The minimum atomic E-state index is 0. The molecular formula is C18H31IN4. The molecule has 1 fully saturated rings. The lowest BCUT2D eigenvalue weighted by Crippen LogP contribution is -2.32. The lowest BCUT2D eigenvalue weighted by atomic mass is 9.99. The Morgan fingerprint density at radius 3 is 2.48 bits per heavy atom. The van der Waals surface area contributed by atoms with Gasteiger partial charge in [0, 0.05) is 12.2 Å². The molecule has 0 aliphatic carbocycles. The SMILES string of the molecule is CCC(C)c1ccc(NC(N)=NCCN2CCCCC2)cc1.I. The molecule has 2 rings (SSSR count). The maximum absolute atomic E-state index is 5.97. The molecule has 1 saturated heterocycles. The minimum Gasteiger partial charge on any atom is -0.370 e. The summed E-state index contributed by atoms with van der Waals surface area (Å²) in [4.78, 5) is 6.90. The monoisotopic (exact) mass is 430 g/mol. The Morgan fingerprint density at radius 1 is 1.22 bits per heavy atom. The zero-order valence-electron chi connectivity index (χ0n) is 14.4. The molecule has 1 aliphatic rings. The molecular weight excluding hydrogens is 399 g/mol. The minimum absolute atomic E-state index is 0. The third-order valence-electron chi connectivity index (χ3n) is 4.51. The van der Waals surface area contributed by atoms with Crippen molar-refractivity contribution in [2.24, 2.45) is 10.7 Å². The summed E-state index contributed by atoms with van der Waals surface area (Å²) in [6, 6.07) is 8.48. The fraction of sp³-hybridized carbons (Fsp3) is 0.611. The van der Waals surface area contributed by atoms with Crippen LogP contribution in [-0.2, 0) is 0 Å². The van der Waals surface area contributed by atoms with Crippen LogP contribution < -0.4 is 11.1 Å². The van der Waals surface area contributed by atoms with Gasteiger partial charge in [-0.15, -0.1) is 24.0 Å². The van der Waals surface area contributed by atoms with Gasteiger partial charge in [0.15, 0.2) is 5.96 Å². The molecule has 0 bridgehead atoms. The largest absolute Gasteiger partial charge is 0.370 e. The van der Waals surface area contributed by atoms with Crippen molar-refractivity contribution in [1.29, 1.82) is 0 Å². The van der Waals surface area contributed by atoms with Crippen LogP contribution in [0.25, 0.3) is 0 Å². The second kappa shape index (κ2) is 10.9. The molecule has 4 nitrogen and oxygen atoms in total. The van der Waals surface area contributed by atoms with Crippen LogP contribution in [0.2, 0.25) is 0 Å². The molecule has 1 aliphatic heterocycles. The lowest BCUT2D eigenvalue weighted by molar-refractivity contribution is 0.235. The summed E-state index contributed by atoms with van der Waals surface area (Å²) < 4.78 is 0. The second-order valence-corrected chi connectivity index (χ2v) is 6.23. The van der Waals surface area contributed by atoms with Crippen LogP contribution >= 0.6 is 24.0 Å². The van der Waals surface area contributed by atoms with E-state index >= 15 is 0 Å². The van der Waals surface area contributed by atoms with E-state index in [0.717, 1.165) is 25.2 Å². The number of piperidine rings is 1. The Bertz CT molecular complexity index is 466. The fourth-order valence-corrected chi connectivity index (χ4v) is 2.81. The summed E-state index contributed by atoms with van der Waals surface area (Å²) in [5.74, 6) is 1.11. The predicted molar refractivity (Wildman–Crippen MR) is 111 cm³/mol. The molecule has 0 spiro atoms. The number of aliphatic imine (C=N–C) groups is 1. The highest BCUT2D eigenvalue weighted by molar-refractivity contribution is 14.0. The number of nitrogens with one attached hydrogen (secondary N) is 1. The first-order valence-corrected chi connectivity index (χ1v) is 8.58. The Labute approximate surface area is 157 Å². The molecule has 1 heterocycles. The normalized spacial score (nSPS) is 17.4. The molecule has 1 aromatic rings. The summed E-state index contributed by atoms with van der Waals surface area (Å²) in [6.07, 6.45) is 5.17. The van der Waals surface area contributed by atoms with Gasteiger partial charge >= 0.3 is 0 Å². The molecule has 1 aromatic carbocycles. The number of nitrogens with two attached hydrogens (primary N) is 1. The number of benzene rings is 1. The number of guanidine groups is 1. The third kappa shape index (κ3) is 7.08. The molecule has 1 unspecified atom stereocenters. The van der Waals surface area contributed by atoms with Crippen LogP contribution in [0.15, 0.2) is 29.3 Å². The number of rotatable bonds is 6. The van der Waals surface area contributed by atoms with Crippen molar-refractivity contribution in [3.8, 4) is 0 Å². The molecule has 0 amide bonds. The second-order valence-electron chi connectivity index (χ2n) is 6.23. The number of hydrogen-bond donors (Lipinski definition) is 2. The third-order valence-corrected chi connectivity index (χ3v) is 4.51. The van der Waals surface area contributed by atoms with E-state index in [2.05, 4.69) is 53.3 Å². The Balaban J connectivity index is 0.00000264. The molecule has 5 heteroatoms. The van der Waals surface area contributed by atoms with Gasteiger partial charge in [-0.25, -0.2) is 0 Å². The summed E-state index contributed by atoms with van der Waals surface area (Å²) in [6.45, 7) is 8.65. The van der Waals surface area contributed by atoms with Gasteiger partial charge < -0.3 is 16.0 Å². The van der Waals surface area contributed by atoms with Gasteiger partial charge in [0.2, 0.25) is 0 Å². The molecule has 0 saturated carbocycles. The van der Waals surface area contributed by atoms with Gasteiger partial charge in [0.1, 0.15) is 0 Å². The number of hydrogen-bond acceptors (Lipinski definition) is 2. The first kappa shape index (κ1) is 20.2. The van der Waals surface area contributed by atoms with E-state index in [4.69, 9.17) is 5.73 Å². The van der Waals surface area contributed by atoms with Gasteiger partial charge in [-0.3, -0.25) is 4.99 Å². The molecule has 0 radical (unpaired) electrons. The van der Waals surface area contributed by atoms with E-state index in [-0.39, 0.29) is 24.0 Å². The van der Waals surface area contributed by atoms with E-state index in [1.807, 2.05) is 0 Å². The molecule has 130 valence electrons. The van der Waals surface area contributed by atoms with Crippen molar-refractivity contribution < 1.29 is 0 Å². The highest BCUT2D eigenvalue weighted by Crippen LogP contribution is 2.20. The Hall–Kier alpha value is -0.820. The molecule has 0 aromatic heterocycles. The topological polar surface area (TPSA) is 53.6 Å². The van der Waals surface area contributed by atoms with Crippen molar-refractivity contribution >= 4 is 35.6 Å². The average Bonchev–Trinajstić information content (AvgIpc) is 2.56. The smallest absolute Gasteiger partial charge is 0.193 e. The standard InChI is InChI=1S/C18H30N4.HI/c1-3-15(2)16-7-9-17(10-8-16)21-18(19)20-11-14-22-12-5-4-6-13-22;/h7-10,15H,3-6,11-14H2,1-2H3,(H3,19,20,21);1H. The quantitative estimate of drug-likeness (QED) is 0.407. The summed E-state index contributed by atoms with van der Waals surface area (Å²) >= 11 is 0. The van der Waals surface area contributed by atoms with Gasteiger partial charge in [0.05, 0.1) is 6.54 Å². The van der Waals surface area contributed by atoms with Crippen molar-refractivity contribution in [1.82, 2.24) is 4.90 Å². The zero-order valence-corrected chi connectivity index (χ0v) is 16.8. The highest BCUT2D eigenvalue weighted by atomic mass is 127. The zero-order chi connectivity index (χ0) is 15.8. The van der Waals surface area contributed by atoms with E-state index in [0.29, 0.717) is 11.9 Å². The van der Waals surface area contributed by atoms with Crippen LogP contribution in [0.4, 0.5) is 5.69 Å². The molecule has 23 heavy (non-hydrogen) atoms. The summed E-state index contributed by atoms with van der Waals surface area (Å²) in [7, 11) is 0. The average molecular weight is 430 g/mol. The Morgan fingerprint density at radius 2 is 1.87 bits per heavy atom. The molecule has 3 N–H and O–H groups in total. The van der Waals surface area contributed by atoms with Crippen LogP contribution in [0, 0.1) is 0 Å². The summed E-state index contributed by atoms with van der Waals surface area (Å²) in [5, 5.41) is 3.17. The van der Waals surface area contributed by atoms with E-state index in [1.54, 1.807) is 0 Å². The fourth-order valence-electron chi connectivity index (χ4n) is 2.81. The van der Waals surface area contributed by atoms with E-state index in [9.17, 15) is 0 Å². The van der Waals surface area contributed by atoms with Crippen molar-refractivity contribution in [3.63, 3.8) is 0 Å². The van der Waals surface area contributed by atoms with Crippen molar-refractivity contribution in [2.75, 3.05) is 31.5 Å². The van der Waals surface area contributed by atoms with E-state index < -0.39 is 0 Å². The van der Waals surface area contributed by atoms with Gasteiger partial charge in [0.25, 0.3) is 0 Å². The number of halogens is 1. The predicted octanol–water partition coefficient (Wildman–Crippen LogP) is 4.03. The first-order valence-electron chi connectivity index (χ1n) is 8.58. The van der Waals surface area contributed by atoms with Gasteiger partial charge in [-0.2, -0.15) is 0 Å². The first-order chi connectivity index (χ1) is 10.7.